The fraction of sp³-hybridized carbons (Fsp3) is 0. The van der Waals surface area contributed by atoms with Crippen LogP contribution >= 0.6 is 11.3 Å². The number of carboxylic acids is 1. The van der Waals surface area contributed by atoms with E-state index in [4.69, 9.17) is 10.6 Å². The van der Waals surface area contributed by atoms with Crippen LogP contribution in [0.2, 0.25) is 0 Å². The smallest absolute Gasteiger partial charge is 0.336 e. The molecule has 1 aromatic carbocycles. The van der Waals surface area contributed by atoms with Crippen molar-refractivity contribution in [3.05, 3.63) is 51.0 Å². The van der Waals surface area contributed by atoms with Gasteiger partial charge < -0.3 is 5.11 Å². The first-order valence-electron chi connectivity index (χ1n) is 4.67. The molecule has 17 heavy (non-hydrogen) atoms. The van der Waals surface area contributed by atoms with Gasteiger partial charge in [0.1, 0.15) is 0 Å². The van der Waals surface area contributed by atoms with E-state index in [-0.39, 0.29) is 11.3 Å². The molecule has 0 atom stereocenters. The quantitative estimate of drug-likeness (QED) is 0.502. The number of carbonyl (C=O) groups is 1. The number of rotatable bonds is 3. The summed E-state index contributed by atoms with van der Waals surface area (Å²) < 4.78 is 0. The van der Waals surface area contributed by atoms with E-state index >= 15 is 0 Å². The first-order valence-corrected chi connectivity index (χ1v) is 5.61. The van der Waals surface area contributed by atoms with Crippen LogP contribution in [0.1, 0.15) is 10.4 Å². The highest BCUT2D eigenvalue weighted by molar-refractivity contribution is 7.08. The van der Waals surface area contributed by atoms with Crippen molar-refractivity contribution >= 4 is 23.0 Å². The van der Waals surface area contributed by atoms with Gasteiger partial charge in [0.2, 0.25) is 0 Å². The van der Waals surface area contributed by atoms with E-state index in [2.05, 4.69) is 10.0 Å². The van der Waals surface area contributed by atoms with Gasteiger partial charge in [-0.15, -0.1) is 0 Å². The minimum Gasteiger partial charge on any atom is -0.478 e. The van der Waals surface area contributed by atoms with Crippen LogP contribution in [0.3, 0.4) is 0 Å². The monoisotopic (exact) mass is 245 g/mol. The molecule has 0 aliphatic heterocycles. The Morgan fingerprint density at radius 3 is 2.76 bits per heavy atom. The molecule has 0 aliphatic rings. The average Bonchev–Trinajstić information content (AvgIpc) is 2.82. The van der Waals surface area contributed by atoms with Crippen molar-refractivity contribution in [2.75, 3.05) is 0 Å². The number of hydrogen-bond donors (Lipinski definition) is 1. The molecule has 1 heterocycles. The lowest BCUT2D eigenvalue weighted by Gasteiger charge is -2.03. The minimum absolute atomic E-state index is 0.00165. The number of aromatic carboxylic acids is 1. The molecular weight excluding hydrogens is 238 g/mol. The molecule has 5 nitrogen and oxygen atoms in total. The molecular formula is C11H7N3O2S. The maximum atomic E-state index is 10.9. The second kappa shape index (κ2) is 4.69. The van der Waals surface area contributed by atoms with Crippen LogP contribution in [0.4, 0.5) is 5.69 Å². The predicted octanol–water partition coefficient (Wildman–Crippen LogP) is 4.06. The molecule has 0 unspecified atom stereocenters. The molecule has 0 saturated heterocycles. The molecule has 0 saturated carbocycles. The van der Waals surface area contributed by atoms with Gasteiger partial charge in [0.05, 0.1) is 11.3 Å². The molecule has 2 aromatic rings. The van der Waals surface area contributed by atoms with E-state index < -0.39 is 5.97 Å². The van der Waals surface area contributed by atoms with Crippen LogP contribution in [-0.4, -0.2) is 11.1 Å². The topological polar surface area (TPSA) is 86.1 Å². The van der Waals surface area contributed by atoms with Crippen molar-refractivity contribution in [2.45, 2.75) is 0 Å². The summed E-state index contributed by atoms with van der Waals surface area (Å²) in [5.74, 6) is -1.11. The third-order valence-electron chi connectivity index (χ3n) is 2.24. The molecule has 0 bridgehead atoms. The molecule has 0 amide bonds. The lowest BCUT2D eigenvalue weighted by Crippen LogP contribution is -1.96. The normalized spacial score (nSPS) is 9.65. The van der Waals surface area contributed by atoms with E-state index in [0.29, 0.717) is 0 Å². The van der Waals surface area contributed by atoms with E-state index in [1.165, 1.54) is 6.07 Å². The van der Waals surface area contributed by atoms with E-state index in [9.17, 15) is 4.79 Å². The molecule has 0 fully saturated rings. The molecule has 0 spiro atoms. The summed E-state index contributed by atoms with van der Waals surface area (Å²) in [4.78, 5) is 13.5. The minimum atomic E-state index is -1.11. The first kappa shape index (κ1) is 11.2. The zero-order chi connectivity index (χ0) is 12.3. The third-order valence-corrected chi connectivity index (χ3v) is 2.92. The van der Waals surface area contributed by atoms with Crippen LogP contribution in [0.5, 0.6) is 0 Å². The van der Waals surface area contributed by atoms with Crippen molar-refractivity contribution in [1.82, 2.24) is 0 Å². The Morgan fingerprint density at radius 2 is 2.18 bits per heavy atom. The van der Waals surface area contributed by atoms with E-state index in [0.717, 1.165) is 11.1 Å². The number of hydrogen-bond acceptors (Lipinski definition) is 3. The summed E-state index contributed by atoms with van der Waals surface area (Å²) in [5.41, 5.74) is 10.4. The number of azide groups is 1. The van der Waals surface area contributed by atoms with Gasteiger partial charge in [-0.25, -0.2) is 4.79 Å². The standard InChI is InChI=1S/C11H7N3O2S/c12-14-13-10-5-7(8-3-4-17-6-8)1-2-9(10)11(15)16/h1-6H,(H,15,16). The van der Waals surface area contributed by atoms with E-state index in [1.54, 1.807) is 23.5 Å². The zero-order valence-electron chi connectivity index (χ0n) is 8.57. The fourth-order valence-corrected chi connectivity index (χ4v) is 2.12. The summed E-state index contributed by atoms with van der Waals surface area (Å²) in [6, 6.07) is 6.63. The second-order valence-electron chi connectivity index (χ2n) is 3.24. The lowest BCUT2D eigenvalue weighted by molar-refractivity contribution is 0.0698. The molecule has 0 radical (unpaired) electrons. The molecule has 1 aromatic heterocycles. The SMILES string of the molecule is [N-]=[N+]=Nc1cc(-c2ccsc2)ccc1C(=O)O. The van der Waals surface area contributed by atoms with Crippen LogP contribution in [0, 0.1) is 0 Å². The maximum Gasteiger partial charge on any atom is 0.336 e. The molecule has 0 aliphatic carbocycles. The number of carboxylic acid groups (broad SMARTS) is 1. The van der Waals surface area contributed by atoms with Crippen molar-refractivity contribution in [3.63, 3.8) is 0 Å². The summed E-state index contributed by atoms with van der Waals surface area (Å²) in [5, 5.41) is 16.2. The number of nitrogens with zero attached hydrogens (tertiary/aromatic N) is 3. The Morgan fingerprint density at radius 1 is 1.35 bits per heavy atom. The first-order chi connectivity index (χ1) is 8.22. The highest BCUT2D eigenvalue weighted by atomic mass is 32.1. The van der Waals surface area contributed by atoms with Gasteiger partial charge in [0.15, 0.2) is 0 Å². The molecule has 6 heteroatoms. The van der Waals surface area contributed by atoms with Gasteiger partial charge in [0.25, 0.3) is 0 Å². The van der Waals surface area contributed by atoms with Crippen LogP contribution in [0.25, 0.3) is 21.6 Å². The molecule has 1 N–H and O–H groups in total. The highest BCUT2D eigenvalue weighted by Crippen LogP contribution is 2.29. The average molecular weight is 245 g/mol. The van der Waals surface area contributed by atoms with Crippen molar-refractivity contribution in [2.24, 2.45) is 5.11 Å². The number of benzene rings is 1. The zero-order valence-corrected chi connectivity index (χ0v) is 9.39. The predicted molar refractivity (Wildman–Crippen MR) is 65.5 cm³/mol. The lowest BCUT2D eigenvalue weighted by atomic mass is 10.1. The molecule has 84 valence electrons. The maximum absolute atomic E-state index is 10.9. The number of thiophene rings is 1. The van der Waals surface area contributed by atoms with Gasteiger partial charge in [0, 0.05) is 4.91 Å². The van der Waals surface area contributed by atoms with Crippen molar-refractivity contribution < 1.29 is 9.90 Å². The second-order valence-corrected chi connectivity index (χ2v) is 4.02. The Labute approximate surface area is 101 Å². The summed E-state index contributed by atoms with van der Waals surface area (Å²) in [7, 11) is 0. The third kappa shape index (κ3) is 2.28. The summed E-state index contributed by atoms with van der Waals surface area (Å²) >= 11 is 1.54. The Hall–Kier alpha value is -2.30. The van der Waals surface area contributed by atoms with Crippen molar-refractivity contribution in [1.29, 1.82) is 0 Å². The Kier molecular flexibility index (Phi) is 3.09. The Bertz CT molecular complexity index is 601. The fourth-order valence-electron chi connectivity index (χ4n) is 1.45. The van der Waals surface area contributed by atoms with Gasteiger partial charge >= 0.3 is 5.97 Å². The molecule has 2 rings (SSSR count). The van der Waals surface area contributed by atoms with Gasteiger partial charge in [-0.05, 0) is 45.6 Å². The van der Waals surface area contributed by atoms with Crippen LogP contribution in [-0.2, 0) is 0 Å². The van der Waals surface area contributed by atoms with Gasteiger partial charge in [-0.3, -0.25) is 0 Å². The Balaban J connectivity index is 2.57. The summed E-state index contributed by atoms with van der Waals surface area (Å²) in [6.45, 7) is 0. The van der Waals surface area contributed by atoms with Crippen molar-refractivity contribution in [3.8, 4) is 11.1 Å². The van der Waals surface area contributed by atoms with Crippen LogP contribution in [0.15, 0.2) is 40.1 Å². The van der Waals surface area contributed by atoms with Gasteiger partial charge in [-0.2, -0.15) is 11.3 Å². The van der Waals surface area contributed by atoms with Crippen LogP contribution < -0.4 is 0 Å². The largest absolute Gasteiger partial charge is 0.478 e. The highest BCUT2D eigenvalue weighted by Gasteiger charge is 2.10. The van der Waals surface area contributed by atoms with Gasteiger partial charge in [-0.1, -0.05) is 11.2 Å². The van der Waals surface area contributed by atoms with E-state index in [1.807, 2.05) is 16.8 Å². The summed E-state index contributed by atoms with van der Waals surface area (Å²) in [6.07, 6.45) is 0.